The number of amides is 1. The number of non-ortho nitro benzene ring substituents is 1. The van der Waals surface area contributed by atoms with Gasteiger partial charge in [0.1, 0.15) is 5.75 Å². The number of nitro benzene ring substituents is 1. The molecule has 2 N–H and O–H groups in total. The molecule has 6 nitrogen and oxygen atoms in total. The van der Waals surface area contributed by atoms with E-state index in [1.54, 1.807) is 11.3 Å². The van der Waals surface area contributed by atoms with Crippen LogP contribution in [0, 0.1) is 16.0 Å². The Balaban J connectivity index is 0.000000235. The van der Waals surface area contributed by atoms with Gasteiger partial charge >= 0.3 is 6.09 Å². The lowest BCUT2D eigenvalue weighted by Gasteiger charge is -1.98. The smallest absolute Gasteiger partial charge is 0.409 e. The molecule has 0 bridgehead atoms. The number of carbonyl (C=O) groups is 1. The second-order valence-corrected chi connectivity index (χ2v) is 5.68. The minimum atomic E-state index is -0.950. The zero-order chi connectivity index (χ0) is 16.5. The fourth-order valence-electron chi connectivity index (χ4n) is 1.63. The molecule has 1 aromatic carbocycles. The first kappa shape index (κ1) is 17.6. The average Bonchev–Trinajstić information content (AvgIpc) is 2.91. The lowest BCUT2D eigenvalue weighted by Crippen LogP contribution is -2.16. The minimum Gasteiger partial charge on any atom is -0.410 e. The highest BCUT2D eigenvalue weighted by Crippen LogP contribution is 2.16. The predicted octanol–water partition coefficient (Wildman–Crippen LogP) is 4.00. The Morgan fingerprint density at radius 3 is 2.36 bits per heavy atom. The van der Waals surface area contributed by atoms with Crippen molar-refractivity contribution in [2.45, 2.75) is 20.3 Å². The minimum absolute atomic E-state index is 0.0724. The topological polar surface area (TPSA) is 95.5 Å². The van der Waals surface area contributed by atoms with Gasteiger partial charge in [0.2, 0.25) is 0 Å². The molecule has 0 unspecified atom stereocenters. The third-order valence-corrected chi connectivity index (χ3v) is 3.22. The zero-order valence-electron chi connectivity index (χ0n) is 12.4. The number of nitrogens with two attached hydrogens (primary N) is 1. The third-order valence-electron chi connectivity index (χ3n) is 2.49. The summed E-state index contributed by atoms with van der Waals surface area (Å²) in [6, 6.07) is 7.23. The third kappa shape index (κ3) is 6.85. The molecule has 118 valence electrons. The van der Waals surface area contributed by atoms with E-state index >= 15 is 0 Å². The number of thiophene rings is 1. The molecule has 0 aliphatic heterocycles. The van der Waals surface area contributed by atoms with Gasteiger partial charge in [-0.2, -0.15) is 11.3 Å². The molecule has 0 fully saturated rings. The van der Waals surface area contributed by atoms with Gasteiger partial charge < -0.3 is 10.5 Å². The Labute approximate surface area is 132 Å². The van der Waals surface area contributed by atoms with Gasteiger partial charge in [-0.3, -0.25) is 10.1 Å². The van der Waals surface area contributed by atoms with Crippen LogP contribution in [0.25, 0.3) is 0 Å². The van der Waals surface area contributed by atoms with Gasteiger partial charge in [0.15, 0.2) is 0 Å². The Kier molecular flexibility index (Phi) is 7.04. The van der Waals surface area contributed by atoms with Gasteiger partial charge in [0, 0.05) is 12.1 Å². The molecule has 2 aromatic rings. The summed E-state index contributed by atoms with van der Waals surface area (Å²) >= 11 is 1.78. The fourth-order valence-corrected chi connectivity index (χ4v) is 2.31. The van der Waals surface area contributed by atoms with Gasteiger partial charge in [-0.15, -0.1) is 0 Å². The monoisotopic (exact) mass is 322 g/mol. The maximum Gasteiger partial charge on any atom is 0.409 e. The number of rotatable bonds is 4. The summed E-state index contributed by atoms with van der Waals surface area (Å²) in [6.45, 7) is 4.50. The summed E-state index contributed by atoms with van der Waals surface area (Å²) in [5.41, 5.74) is 6.14. The highest BCUT2D eigenvalue weighted by Gasteiger charge is 2.05. The van der Waals surface area contributed by atoms with Gasteiger partial charge in [-0.1, -0.05) is 13.8 Å². The molecule has 1 aromatic heterocycles. The van der Waals surface area contributed by atoms with Crippen LogP contribution < -0.4 is 10.5 Å². The van der Waals surface area contributed by atoms with E-state index < -0.39 is 11.0 Å². The lowest BCUT2D eigenvalue weighted by molar-refractivity contribution is -0.384. The molecule has 0 saturated heterocycles. The van der Waals surface area contributed by atoms with E-state index in [0.717, 1.165) is 5.92 Å². The van der Waals surface area contributed by atoms with Gasteiger partial charge in [-0.25, -0.2) is 4.79 Å². The van der Waals surface area contributed by atoms with Crippen LogP contribution in [0.15, 0.2) is 41.1 Å². The average molecular weight is 322 g/mol. The molecule has 0 radical (unpaired) electrons. The van der Waals surface area contributed by atoms with Crippen LogP contribution in [-0.4, -0.2) is 11.0 Å². The highest BCUT2D eigenvalue weighted by atomic mass is 32.1. The Bertz CT molecular complexity index is 595. The van der Waals surface area contributed by atoms with Gasteiger partial charge in [-0.05, 0) is 46.9 Å². The van der Waals surface area contributed by atoms with Gasteiger partial charge in [0.25, 0.3) is 5.69 Å². The summed E-state index contributed by atoms with van der Waals surface area (Å²) in [7, 11) is 0. The highest BCUT2D eigenvalue weighted by molar-refractivity contribution is 7.07. The van der Waals surface area contributed by atoms with E-state index in [1.165, 1.54) is 36.2 Å². The molecule has 0 aliphatic rings. The number of ether oxygens (including phenoxy) is 1. The maximum absolute atomic E-state index is 10.3. The summed E-state index contributed by atoms with van der Waals surface area (Å²) < 4.78 is 4.47. The molecule has 0 atom stereocenters. The molecule has 0 saturated carbocycles. The fraction of sp³-hybridized carbons (Fsp3) is 0.267. The van der Waals surface area contributed by atoms with Crippen molar-refractivity contribution in [2.75, 3.05) is 0 Å². The number of primary amides is 1. The molecule has 1 heterocycles. The molecule has 0 spiro atoms. The van der Waals surface area contributed by atoms with Crippen LogP contribution >= 0.6 is 11.3 Å². The summed E-state index contributed by atoms with van der Waals surface area (Å²) in [5.74, 6) is 0.970. The zero-order valence-corrected chi connectivity index (χ0v) is 13.2. The lowest BCUT2D eigenvalue weighted by atomic mass is 10.1. The van der Waals surface area contributed by atoms with E-state index in [2.05, 4.69) is 35.4 Å². The van der Waals surface area contributed by atoms with E-state index in [9.17, 15) is 14.9 Å². The molecular formula is C15H18N2O4S. The molecule has 2 rings (SSSR count). The summed E-state index contributed by atoms with van der Waals surface area (Å²) in [6.07, 6.45) is 0.276. The van der Waals surface area contributed by atoms with Gasteiger partial charge in [0.05, 0.1) is 4.92 Å². The van der Waals surface area contributed by atoms with Crippen molar-refractivity contribution < 1.29 is 14.5 Å². The first-order chi connectivity index (χ1) is 10.4. The molecule has 22 heavy (non-hydrogen) atoms. The molecule has 0 aliphatic carbocycles. The maximum atomic E-state index is 10.3. The van der Waals surface area contributed by atoms with Crippen molar-refractivity contribution in [1.29, 1.82) is 0 Å². The SMILES string of the molecule is CC(C)Cc1ccsc1.NC(=O)Oc1ccc([N+](=O)[O-])cc1. The first-order valence-corrected chi connectivity index (χ1v) is 7.55. The van der Waals surface area contributed by atoms with Crippen LogP contribution in [0.4, 0.5) is 10.5 Å². The number of hydrogen-bond acceptors (Lipinski definition) is 5. The first-order valence-electron chi connectivity index (χ1n) is 6.61. The van der Waals surface area contributed by atoms with Crippen molar-refractivity contribution in [1.82, 2.24) is 0 Å². The van der Waals surface area contributed by atoms with Crippen molar-refractivity contribution in [3.05, 3.63) is 56.8 Å². The second-order valence-electron chi connectivity index (χ2n) is 4.90. The van der Waals surface area contributed by atoms with E-state index in [4.69, 9.17) is 5.73 Å². The van der Waals surface area contributed by atoms with Crippen LogP contribution in [0.1, 0.15) is 19.4 Å². The molecule has 7 heteroatoms. The van der Waals surface area contributed by atoms with Crippen molar-refractivity contribution >= 4 is 23.1 Å². The second kappa shape index (κ2) is 8.78. The Morgan fingerprint density at radius 2 is 1.95 bits per heavy atom. The van der Waals surface area contributed by atoms with Crippen LogP contribution in [0.3, 0.4) is 0 Å². The molecular weight excluding hydrogens is 304 g/mol. The van der Waals surface area contributed by atoms with Crippen molar-refractivity contribution in [3.8, 4) is 5.75 Å². The summed E-state index contributed by atoms with van der Waals surface area (Å²) in [5, 5.41) is 14.6. The number of nitro groups is 1. The normalized spacial score (nSPS) is 9.77. The van der Waals surface area contributed by atoms with E-state index in [-0.39, 0.29) is 11.4 Å². The van der Waals surface area contributed by atoms with Crippen molar-refractivity contribution in [3.63, 3.8) is 0 Å². The number of nitrogens with zero attached hydrogens (tertiary/aromatic N) is 1. The molecule has 1 amide bonds. The van der Waals surface area contributed by atoms with Crippen molar-refractivity contribution in [2.24, 2.45) is 11.7 Å². The standard InChI is InChI=1S/C8H12S.C7H6N2O4/c1-7(2)5-8-3-4-9-6-8;8-7(10)13-6-3-1-5(2-4-6)9(11)12/h3-4,6-7H,5H2,1-2H3;1-4H,(H2,8,10). The van der Waals surface area contributed by atoms with Crippen LogP contribution in [-0.2, 0) is 6.42 Å². The van der Waals surface area contributed by atoms with Crippen LogP contribution in [0.2, 0.25) is 0 Å². The van der Waals surface area contributed by atoms with E-state index in [0.29, 0.717) is 0 Å². The Hall–Kier alpha value is -2.41. The number of benzene rings is 1. The number of hydrogen-bond donors (Lipinski definition) is 1. The predicted molar refractivity (Wildman–Crippen MR) is 86.2 cm³/mol. The largest absolute Gasteiger partial charge is 0.410 e. The number of carbonyl (C=O) groups excluding carboxylic acids is 1. The quantitative estimate of drug-likeness (QED) is 0.679. The Morgan fingerprint density at radius 1 is 1.32 bits per heavy atom. The van der Waals surface area contributed by atoms with E-state index in [1.807, 2.05) is 0 Å². The summed E-state index contributed by atoms with van der Waals surface area (Å²) in [4.78, 5) is 19.9. The van der Waals surface area contributed by atoms with Crippen LogP contribution in [0.5, 0.6) is 5.75 Å².